The molecule has 2 heterocycles. The lowest BCUT2D eigenvalue weighted by Crippen LogP contribution is -2.56. The van der Waals surface area contributed by atoms with Crippen LogP contribution in [0.15, 0.2) is 54.6 Å². The van der Waals surface area contributed by atoms with Gasteiger partial charge in [0, 0.05) is 26.2 Å². The molecule has 2 aliphatic heterocycles. The molecular formula is C25H31N3O3. The first-order valence-electron chi connectivity index (χ1n) is 11.1. The number of likely N-dealkylation sites (N-methyl/N-ethyl adjacent to an activating group) is 1. The quantitative estimate of drug-likeness (QED) is 0.642. The molecule has 31 heavy (non-hydrogen) atoms. The molecule has 0 saturated carbocycles. The minimum atomic E-state index is -0.700. The molecule has 2 aliphatic rings. The molecule has 2 aromatic rings. The van der Waals surface area contributed by atoms with Gasteiger partial charge in [-0.3, -0.25) is 9.69 Å². The van der Waals surface area contributed by atoms with E-state index in [1.165, 1.54) is 10.5 Å². The summed E-state index contributed by atoms with van der Waals surface area (Å²) in [5, 5.41) is 0. The monoisotopic (exact) mass is 421 g/mol. The van der Waals surface area contributed by atoms with Crippen LogP contribution in [0.25, 0.3) is 0 Å². The first kappa shape index (κ1) is 21.4. The first-order valence-corrected chi connectivity index (χ1v) is 11.1. The van der Waals surface area contributed by atoms with Gasteiger partial charge in [-0.2, -0.15) is 0 Å². The fourth-order valence-corrected chi connectivity index (χ4v) is 4.88. The van der Waals surface area contributed by atoms with Crippen LogP contribution >= 0.6 is 0 Å². The standard InChI is InChI=1S/C25H31N3O3/c1-3-28-24(30)27(19-21-10-7-11-22(18-21)31-2)23(29)25(28)13-16-26(17-14-25)15-12-20-8-5-4-6-9-20/h4-11,18H,3,12-17,19H2,1-2H3. The average Bonchev–Trinajstić information content (AvgIpc) is 3.00. The third-order valence-corrected chi connectivity index (χ3v) is 6.66. The maximum absolute atomic E-state index is 13.5. The second kappa shape index (κ2) is 9.10. The Morgan fingerprint density at radius 1 is 0.968 bits per heavy atom. The van der Waals surface area contributed by atoms with Gasteiger partial charge in [0.15, 0.2) is 0 Å². The third kappa shape index (κ3) is 4.17. The first-order chi connectivity index (χ1) is 15.1. The summed E-state index contributed by atoms with van der Waals surface area (Å²) >= 11 is 0. The number of nitrogens with zero attached hydrogens (tertiary/aromatic N) is 3. The van der Waals surface area contributed by atoms with Gasteiger partial charge in [0.2, 0.25) is 0 Å². The zero-order chi connectivity index (χ0) is 21.8. The number of hydrogen-bond acceptors (Lipinski definition) is 4. The zero-order valence-electron chi connectivity index (χ0n) is 18.4. The van der Waals surface area contributed by atoms with E-state index in [4.69, 9.17) is 4.74 Å². The smallest absolute Gasteiger partial charge is 0.327 e. The van der Waals surface area contributed by atoms with Gasteiger partial charge in [0.25, 0.3) is 5.91 Å². The molecular weight excluding hydrogens is 390 g/mol. The number of carbonyl (C=O) groups is 2. The van der Waals surface area contributed by atoms with Gasteiger partial charge >= 0.3 is 6.03 Å². The molecule has 3 amide bonds. The summed E-state index contributed by atoms with van der Waals surface area (Å²) in [5.41, 5.74) is 1.53. The van der Waals surface area contributed by atoms with Crippen LogP contribution in [0.2, 0.25) is 0 Å². The number of methoxy groups -OCH3 is 1. The Labute approximate surface area is 184 Å². The van der Waals surface area contributed by atoms with Crippen molar-refractivity contribution >= 4 is 11.9 Å². The molecule has 0 aliphatic carbocycles. The topological polar surface area (TPSA) is 53.1 Å². The minimum absolute atomic E-state index is 0.0510. The van der Waals surface area contributed by atoms with Crippen LogP contribution in [0, 0.1) is 0 Å². The van der Waals surface area contributed by atoms with Gasteiger partial charge in [-0.25, -0.2) is 4.79 Å². The molecule has 0 aromatic heterocycles. The highest BCUT2D eigenvalue weighted by Gasteiger charge is 2.57. The summed E-state index contributed by atoms with van der Waals surface area (Å²) in [5.74, 6) is 0.676. The van der Waals surface area contributed by atoms with Crippen molar-refractivity contribution in [3.05, 3.63) is 65.7 Å². The van der Waals surface area contributed by atoms with E-state index in [1.54, 1.807) is 12.0 Å². The van der Waals surface area contributed by atoms with E-state index in [1.807, 2.05) is 37.3 Å². The highest BCUT2D eigenvalue weighted by atomic mass is 16.5. The molecule has 2 fully saturated rings. The maximum Gasteiger partial charge on any atom is 0.327 e. The SMILES string of the molecule is CCN1C(=O)N(Cc2cccc(OC)c2)C(=O)C12CCN(CCc1ccccc1)CC2. The van der Waals surface area contributed by atoms with Crippen LogP contribution in [0.1, 0.15) is 30.9 Å². The number of rotatable bonds is 7. The molecule has 0 radical (unpaired) electrons. The van der Waals surface area contributed by atoms with E-state index in [2.05, 4.69) is 29.2 Å². The van der Waals surface area contributed by atoms with Crippen molar-refractivity contribution in [2.75, 3.05) is 33.3 Å². The molecule has 1 spiro atoms. The van der Waals surface area contributed by atoms with Crippen molar-refractivity contribution < 1.29 is 14.3 Å². The van der Waals surface area contributed by atoms with E-state index in [9.17, 15) is 9.59 Å². The normalized spacial score (nSPS) is 18.8. The van der Waals surface area contributed by atoms with Crippen LogP contribution in [-0.4, -0.2) is 65.5 Å². The van der Waals surface area contributed by atoms with Crippen molar-refractivity contribution in [1.82, 2.24) is 14.7 Å². The molecule has 0 unspecified atom stereocenters. The van der Waals surface area contributed by atoms with Crippen LogP contribution in [0.3, 0.4) is 0 Å². The maximum atomic E-state index is 13.5. The Hall–Kier alpha value is -2.86. The lowest BCUT2D eigenvalue weighted by atomic mass is 9.85. The number of imide groups is 1. The van der Waals surface area contributed by atoms with Gasteiger partial charge in [-0.1, -0.05) is 42.5 Å². The number of piperidine rings is 1. The Morgan fingerprint density at radius 3 is 2.35 bits per heavy atom. The van der Waals surface area contributed by atoms with Crippen molar-refractivity contribution in [1.29, 1.82) is 0 Å². The van der Waals surface area contributed by atoms with Gasteiger partial charge in [-0.15, -0.1) is 0 Å². The zero-order valence-corrected chi connectivity index (χ0v) is 18.4. The van der Waals surface area contributed by atoms with Gasteiger partial charge in [0.1, 0.15) is 11.3 Å². The van der Waals surface area contributed by atoms with E-state index in [-0.39, 0.29) is 18.5 Å². The second-order valence-electron chi connectivity index (χ2n) is 8.38. The lowest BCUT2D eigenvalue weighted by molar-refractivity contribution is -0.136. The van der Waals surface area contributed by atoms with Gasteiger partial charge < -0.3 is 14.5 Å². The van der Waals surface area contributed by atoms with Crippen LogP contribution in [-0.2, 0) is 17.8 Å². The summed E-state index contributed by atoms with van der Waals surface area (Å²) in [7, 11) is 1.62. The van der Waals surface area contributed by atoms with Crippen LogP contribution in [0.4, 0.5) is 4.79 Å². The Bertz CT molecular complexity index is 923. The van der Waals surface area contributed by atoms with Crippen molar-refractivity contribution in [2.24, 2.45) is 0 Å². The predicted octanol–water partition coefficient (Wildman–Crippen LogP) is 3.56. The highest BCUT2D eigenvalue weighted by Crippen LogP contribution is 2.38. The predicted molar refractivity (Wildman–Crippen MR) is 120 cm³/mol. The number of hydrogen-bond donors (Lipinski definition) is 0. The van der Waals surface area contributed by atoms with E-state index in [0.717, 1.165) is 37.4 Å². The molecule has 2 aromatic carbocycles. The average molecular weight is 422 g/mol. The molecule has 0 bridgehead atoms. The number of ether oxygens (including phenoxy) is 1. The van der Waals surface area contributed by atoms with Gasteiger partial charge in [-0.05, 0) is 49.4 Å². The summed E-state index contributed by atoms with van der Waals surface area (Å²) in [4.78, 5) is 32.3. The van der Waals surface area contributed by atoms with Crippen molar-refractivity contribution in [3.8, 4) is 5.75 Å². The Kier molecular flexibility index (Phi) is 6.28. The molecule has 164 valence electrons. The lowest BCUT2D eigenvalue weighted by Gasteiger charge is -2.42. The second-order valence-corrected chi connectivity index (χ2v) is 8.38. The highest BCUT2D eigenvalue weighted by molar-refractivity contribution is 6.07. The summed E-state index contributed by atoms with van der Waals surface area (Å²) in [6.45, 7) is 5.42. The van der Waals surface area contributed by atoms with E-state index in [0.29, 0.717) is 19.4 Å². The molecule has 6 heteroatoms. The van der Waals surface area contributed by atoms with E-state index < -0.39 is 5.54 Å². The molecule has 4 rings (SSSR count). The molecule has 0 N–H and O–H groups in total. The molecule has 2 saturated heterocycles. The summed E-state index contributed by atoms with van der Waals surface area (Å²) in [6, 6.07) is 17.9. The number of urea groups is 1. The van der Waals surface area contributed by atoms with Crippen LogP contribution < -0.4 is 4.74 Å². The van der Waals surface area contributed by atoms with Crippen LogP contribution in [0.5, 0.6) is 5.75 Å². The third-order valence-electron chi connectivity index (χ3n) is 6.66. The van der Waals surface area contributed by atoms with E-state index >= 15 is 0 Å². The number of benzene rings is 2. The molecule has 6 nitrogen and oxygen atoms in total. The number of likely N-dealkylation sites (tertiary alicyclic amines) is 1. The summed E-state index contributed by atoms with van der Waals surface area (Å²) in [6.07, 6.45) is 2.38. The number of amides is 3. The summed E-state index contributed by atoms with van der Waals surface area (Å²) < 4.78 is 5.29. The Balaban J connectivity index is 1.44. The van der Waals surface area contributed by atoms with Crippen molar-refractivity contribution in [2.45, 2.75) is 38.3 Å². The fourth-order valence-electron chi connectivity index (χ4n) is 4.88. The fraction of sp³-hybridized carbons (Fsp3) is 0.440. The molecule has 0 atom stereocenters. The van der Waals surface area contributed by atoms with Crippen molar-refractivity contribution in [3.63, 3.8) is 0 Å². The number of carbonyl (C=O) groups excluding carboxylic acids is 2. The van der Waals surface area contributed by atoms with Gasteiger partial charge in [0.05, 0.1) is 13.7 Å². The Morgan fingerprint density at radius 2 is 1.68 bits per heavy atom. The minimum Gasteiger partial charge on any atom is -0.497 e. The largest absolute Gasteiger partial charge is 0.497 e.